The number of nitrogens with one attached hydrogen (secondary N) is 2. The van der Waals surface area contributed by atoms with Gasteiger partial charge in [-0.2, -0.15) is 4.98 Å². The van der Waals surface area contributed by atoms with E-state index in [4.69, 9.17) is 4.42 Å². The first-order chi connectivity index (χ1) is 12.3. The summed E-state index contributed by atoms with van der Waals surface area (Å²) < 4.78 is 5.24. The lowest BCUT2D eigenvalue weighted by molar-refractivity contribution is 0.217. The maximum absolute atomic E-state index is 12.4. The van der Waals surface area contributed by atoms with Gasteiger partial charge in [0.15, 0.2) is 11.6 Å². The van der Waals surface area contributed by atoms with E-state index in [0.717, 1.165) is 6.42 Å². The molecule has 0 radical (unpaired) electrons. The summed E-state index contributed by atoms with van der Waals surface area (Å²) in [7, 11) is 0. The van der Waals surface area contributed by atoms with E-state index in [2.05, 4.69) is 38.7 Å². The van der Waals surface area contributed by atoms with Crippen LogP contribution in [-0.2, 0) is 0 Å². The van der Waals surface area contributed by atoms with Gasteiger partial charge in [0.1, 0.15) is 0 Å². The number of nitrogens with zero attached hydrogens (tertiary/aromatic N) is 3. The van der Waals surface area contributed by atoms with Crippen molar-refractivity contribution in [2.45, 2.75) is 6.42 Å². The second-order valence-electron chi connectivity index (χ2n) is 5.71. The summed E-state index contributed by atoms with van der Waals surface area (Å²) in [5.41, 5.74) is 2.47. The number of rotatable bonds is 3. The average Bonchev–Trinajstić information content (AvgIpc) is 3.34. The number of carbonyl (C=O) groups excluding carboxylic acids is 1. The third-order valence-corrected chi connectivity index (χ3v) is 4.10. The Labute approximate surface area is 144 Å². The van der Waals surface area contributed by atoms with E-state index in [9.17, 15) is 4.79 Å². The molecule has 2 aromatic heterocycles. The lowest BCUT2D eigenvalue weighted by Crippen LogP contribution is -2.38. The summed E-state index contributed by atoms with van der Waals surface area (Å²) in [6, 6.07) is 13.5. The highest BCUT2D eigenvalue weighted by Gasteiger charge is 2.19. The maximum Gasteiger partial charge on any atom is 0.324 e. The number of benzene rings is 1. The van der Waals surface area contributed by atoms with Crippen molar-refractivity contribution in [1.82, 2.24) is 20.1 Å². The van der Waals surface area contributed by atoms with E-state index < -0.39 is 0 Å². The minimum atomic E-state index is -0.214. The van der Waals surface area contributed by atoms with E-state index in [1.807, 2.05) is 18.2 Å². The lowest BCUT2D eigenvalue weighted by atomic mass is 10.00. The molecule has 0 unspecified atom stereocenters. The van der Waals surface area contributed by atoms with Gasteiger partial charge in [-0.15, -0.1) is 5.10 Å². The molecule has 0 saturated carbocycles. The predicted molar refractivity (Wildman–Crippen MR) is 93.7 cm³/mol. The number of aromatic amines is 1. The topological polar surface area (TPSA) is 87.0 Å². The Bertz CT molecular complexity index is 883. The molecule has 1 aliphatic heterocycles. The second kappa shape index (κ2) is 6.64. The van der Waals surface area contributed by atoms with E-state index in [1.165, 1.54) is 11.1 Å². The molecule has 7 heteroatoms. The van der Waals surface area contributed by atoms with Crippen molar-refractivity contribution in [3.63, 3.8) is 0 Å². The van der Waals surface area contributed by atoms with Crippen LogP contribution in [0.3, 0.4) is 0 Å². The monoisotopic (exact) mass is 335 g/mol. The molecular formula is C18H17N5O2. The Balaban J connectivity index is 1.39. The third-order valence-electron chi connectivity index (χ3n) is 4.10. The van der Waals surface area contributed by atoms with Gasteiger partial charge in [-0.3, -0.25) is 10.4 Å². The normalized spacial score (nSPS) is 14.2. The molecule has 1 aromatic carbocycles. The Hall–Kier alpha value is -3.35. The number of hydrogen-bond donors (Lipinski definition) is 2. The molecule has 2 amide bonds. The molecular weight excluding hydrogens is 318 g/mol. The van der Waals surface area contributed by atoms with Crippen molar-refractivity contribution < 1.29 is 9.21 Å². The Morgan fingerprint density at radius 1 is 1.20 bits per heavy atom. The summed E-state index contributed by atoms with van der Waals surface area (Å²) in [5.74, 6) is 1.28. The fraction of sp³-hybridized carbons (Fsp3) is 0.167. The van der Waals surface area contributed by atoms with Crippen molar-refractivity contribution in [3.05, 3.63) is 60.4 Å². The van der Waals surface area contributed by atoms with Crippen LogP contribution in [0.5, 0.6) is 0 Å². The summed E-state index contributed by atoms with van der Waals surface area (Å²) in [4.78, 5) is 18.3. The van der Waals surface area contributed by atoms with E-state index in [0.29, 0.717) is 24.7 Å². The SMILES string of the molecule is O=C(Nc1n[nH]c(-c2ccco2)n1)N1CC=C(c2ccccc2)CC1. The van der Waals surface area contributed by atoms with Gasteiger partial charge in [0, 0.05) is 13.1 Å². The number of aromatic nitrogens is 3. The molecule has 4 rings (SSSR count). The standard InChI is InChI=1S/C18H17N5O2/c24-18(20-17-19-16(21-22-17)15-7-4-12-25-15)23-10-8-14(9-11-23)13-5-2-1-3-6-13/h1-8,12H,9-11H2,(H2,19,20,21,22,24). The van der Waals surface area contributed by atoms with Crippen LogP contribution in [0.1, 0.15) is 12.0 Å². The molecule has 3 aromatic rings. The minimum Gasteiger partial charge on any atom is -0.461 e. The number of anilines is 1. The lowest BCUT2D eigenvalue weighted by Gasteiger charge is -2.26. The van der Waals surface area contributed by atoms with Crippen LogP contribution >= 0.6 is 0 Å². The van der Waals surface area contributed by atoms with Crippen molar-refractivity contribution in [1.29, 1.82) is 0 Å². The molecule has 2 N–H and O–H groups in total. The first-order valence-electron chi connectivity index (χ1n) is 8.06. The van der Waals surface area contributed by atoms with Gasteiger partial charge in [-0.25, -0.2) is 4.79 Å². The number of carbonyl (C=O) groups is 1. The highest BCUT2D eigenvalue weighted by Crippen LogP contribution is 2.22. The Morgan fingerprint density at radius 3 is 2.80 bits per heavy atom. The van der Waals surface area contributed by atoms with E-state index in [1.54, 1.807) is 23.3 Å². The largest absolute Gasteiger partial charge is 0.461 e. The van der Waals surface area contributed by atoms with E-state index in [-0.39, 0.29) is 12.0 Å². The summed E-state index contributed by atoms with van der Waals surface area (Å²) >= 11 is 0. The second-order valence-corrected chi connectivity index (χ2v) is 5.71. The van der Waals surface area contributed by atoms with Gasteiger partial charge < -0.3 is 9.32 Å². The molecule has 0 spiro atoms. The van der Waals surface area contributed by atoms with Crippen molar-refractivity contribution >= 4 is 17.6 Å². The van der Waals surface area contributed by atoms with Crippen LogP contribution in [0.2, 0.25) is 0 Å². The molecule has 126 valence electrons. The molecule has 0 atom stereocenters. The third kappa shape index (κ3) is 3.30. The number of furan rings is 1. The first-order valence-corrected chi connectivity index (χ1v) is 8.06. The van der Waals surface area contributed by atoms with Crippen molar-refractivity contribution in [2.75, 3.05) is 18.4 Å². The maximum atomic E-state index is 12.4. The predicted octanol–water partition coefficient (Wildman–Crippen LogP) is 3.39. The van der Waals surface area contributed by atoms with Gasteiger partial charge in [0.2, 0.25) is 0 Å². The molecule has 25 heavy (non-hydrogen) atoms. The summed E-state index contributed by atoms with van der Waals surface area (Å²) in [6.07, 6.45) is 4.47. The van der Waals surface area contributed by atoms with E-state index >= 15 is 0 Å². The van der Waals surface area contributed by atoms with Gasteiger partial charge in [-0.1, -0.05) is 36.4 Å². The van der Waals surface area contributed by atoms with Gasteiger partial charge in [-0.05, 0) is 29.7 Å². The zero-order chi connectivity index (χ0) is 17.1. The minimum absolute atomic E-state index is 0.214. The molecule has 3 heterocycles. The fourth-order valence-corrected chi connectivity index (χ4v) is 2.78. The molecule has 1 aliphatic rings. The average molecular weight is 335 g/mol. The molecule has 0 saturated heterocycles. The van der Waals surface area contributed by atoms with Gasteiger partial charge >= 0.3 is 6.03 Å². The van der Waals surface area contributed by atoms with Crippen LogP contribution < -0.4 is 5.32 Å². The van der Waals surface area contributed by atoms with Crippen molar-refractivity contribution in [3.8, 4) is 11.6 Å². The summed E-state index contributed by atoms with van der Waals surface area (Å²) in [6.45, 7) is 1.22. The highest BCUT2D eigenvalue weighted by molar-refractivity contribution is 5.88. The molecule has 0 bridgehead atoms. The first kappa shape index (κ1) is 15.2. The number of H-pyrrole nitrogens is 1. The Kier molecular flexibility index (Phi) is 4.04. The smallest absolute Gasteiger partial charge is 0.324 e. The molecule has 0 fully saturated rings. The Morgan fingerprint density at radius 2 is 2.08 bits per heavy atom. The number of hydrogen-bond acceptors (Lipinski definition) is 4. The fourth-order valence-electron chi connectivity index (χ4n) is 2.78. The van der Waals surface area contributed by atoms with Crippen LogP contribution in [0.25, 0.3) is 17.2 Å². The van der Waals surface area contributed by atoms with Gasteiger partial charge in [0.25, 0.3) is 5.95 Å². The van der Waals surface area contributed by atoms with Crippen molar-refractivity contribution in [2.24, 2.45) is 0 Å². The van der Waals surface area contributed by atoms with Crippen LogP contribution in [0.15, 0.2) is 59.2 Å². The zero-order valence-electron chi connectivity index (χ0n) is 13.5. The zero-order valence-corrected chi connectivity index (χ0v) is 13.5. The molecule has 7 nitrogen and oxygen atoms in total. The van der Waals surface area contributed by atoms with Crippen LogP contribution in [-0.4, -0.2) is 39.2 Å². The van der Waals surface area contributed by atoms with Crippen LogP contribution in [0.4, 0.5) is 10.7 Å². The summed E-state index contributed by atoms with van der Waals surface area (Å²) in [5, 5.41) is 9.46. The highest BCUT2D eigenvalue weighted by atomic mass is 16.3. The quantitative estimate of drug-likeness (QED) is 0.768. The number of urea groups is 1. The number of amides is 2. The van der Waals surface area contributed by atoms with Gasteiger partial charge in [0.05, 0.1) is 6.26 Å². The molecule has 0 aliphatic carbocycles. The van der Waals surface area contributed by atoms with Crippen LogP contribution in [0, 0.1) is 0 Å².